The molecule has 0 radical (unpaired) electrons. The molecule has 20 heavy (non-hydrogen) atoms. The number of hydrogen-bond donors (Lipinski definition) is 3. The Kier molecular flexibility index (Phi) is 4.52. The van der Waals surface area contributed by atoms with Crippen LogP contribution in [0.4, 0.5) is 17.3 Å². The smallest absolute Gasteiger partial charge is 0.196 e. The van der Waals surface area contributed by atoms with Crippen molar-refractivity contribution in [2.45, 2.75) is 23.4 Å². The molecule has 0 spiro atoms. The van der Waals surface area contributed by atoms with Gasteiger partial charge in [-0.15, -0.1) is 0 Å². The Balaban J connectivity index is 2.20. The highest BCUT2D eigenvalue weighted by molar-refractivity contribution is 7.99. The van der Waals surface area contributed by atoms with E-state index in [1.807, 2.05) is 19.1 Å². The second-order valence-electron chi connectivity index (χ2n) is 4.15. The van der Waals surface area contributed by atoms with Gasteiger partial charge in [0.1, 0.15) is 17.4 Å². The lowest BCUT2D eigenvalue weighted by atomic mass is 10.3. The van der Waals surface area contributed by atoms with Crippen LogP contribution in [0, 0.1) is 0 Å². The topological polar surface area (TPSA) is 113 Å². The third-order valence-corrected chi connectivity index (χ3v) is 3.26. The third-order valence-electron chi connectivity index (χ3n) is 2.40. The van der Waals surface area contributed by atoms with Crippen LogP contribution in [0.1, 0.15) is 13.3 Å². The Hall–Kier alpha value is -2.15. The van der Waals surface area contributed by atoms with E-state index in [0.29, 0.717) is 34.8 Å². The summed E-state index contributed by atoms with van der Waals surface area (Å²) < 4.78 is 5.58. The Morgan fingerprint density at radius 1 is 1.10 bits per heavy atom. The summed E-state index contributed by atoms with van der Waals surface area (Å²) in [6, 6.07) is 7.05. The van der Waals surface area contributed by atoms with Crippen molar-refractivity contribution >= 4 is 29.1 Å². The summed E-state index contributed by atoms with van der Waals surface area (Å²) in [5, 5.41) is 0.494. The fourth-order valence-electron chi connectivity index (χ4n) is 1.53. The van der Waals surface area contributed by atoms with Crippen LogP contribution < -0.4 is 21.9 Å². The Morgan fingerprint density at radius 2 is 1.80 bits per heavy atom. The van der Waals surface area contributed by atoms with Crippen molar-refractivity contribution in [3.8, 4) is 5.75 Å². The minimum absolute atomic E-state index is 0.345. The van der Waals surface area contributed by atoms with Crippen LogP contribution in [0.5, 0.6) is 5.75 Å². The molecule has 0 unspecified atom stereocenters. The molecule has 0 atom stereocenters. The van der Waals surface area contributed by atoms with Crippen LogP contribution >= 0.6 is 11.8 Å². The molecule has 6 N–H and O–H groups in total. The second kappa shape index (κ2) is 6.33. The van der Waals surface area contributed by atoms with Crippen molar-refractivity contribution in [2.24, 2.45) is 0 Å². The van der Waals surface area contributed by atoms with Gasteiger partial charge < -0.3 is 21.9 Å². The average Bonchev–Trinajstić information content (AvgIpc) is 2.38. The van der Waals surface area contributed by atoms with Gasteiger partial charge in [-0.2, -0.15) is 0 Å². The first-order valence-electron chi connectivity index (χ1n) is 6.18. The SMILES string of the molecule is CCCOc1cc(Sc2nc(N)cc(N)n2)ccc1N. The zero-order valence-corrected chi connectivity index (χ0v) is 12.0. The van der Waals surface area contributed by atoms with Crippen molar-refractivity contribution in [1.82, 2.24) is 9.97 Å². The van der Waals surface area contributed by atoms with Crippen LogP contribution in [0.2, 0.25) is 0 Å². The molecule has 6 nitrogen and oxygen atoms in total. The van der Waals surface area contributed by atoms with Crippen LogP contribution in [-0.2, 0) is 0 Å². The molecule has 0 fully saturated rings. The molecule has 2 aromatic rings. The highest BCUT2D eigenvalue weighted by Crippen LogP contribution is 2.32. The summed E-state index contributed by atoms with van der Waals surface area (Å²) in [6.45, 7) is 2.66. The van der Waals surface area contributed by atoms with Gasteiger partial charge in [0.15, 0.2) is 5.16 Å². The molecule has 2 rings (SSSR count). The molecular weight excluding hydrogens is 274 g/mol. The first kappa shape index (κ1) is 14.3. The number of anilines is 3. The summed E-state index contributed by atoms with van der Waals surface area (Å²) in [4.78, 5) is 9.15. The van der Waals surface area contributed by atoms with Gasteiger partial charge in [0.05, 0.1) is 12.3 Å². The van der Waals surface area contributed by atoms with Crippen molar-refractivity contribution < 1.29 is 4.74 Å². The van der Waals surface area contributed by atoms with E-state index >= 15 is 0 Å². The van der Waals surface area contributed by atoms with E-state index < -0.39 is 0 Å². The lowest BCUT2D eigenvalue weighted by Crippen LogP contribution is -2.00. The molecular formula is C13H17N5OS. The van der Waals surface area contributed by atoms with E-state index in [2.05, 4.69) is 9.97 Å². The zero-order chi connectivity index (χ0) is 14.5. The fraction of sp³-hybridized carbons (Fsp3) is 0.231. The third kappa shape index (κ3) is 3.67. The van der Waals surface area contributed by atoms with E-state index in [1.165, 1.54) is 17.8 Å². The molecule has 0 saturated carbocycles. The van der Waals surface area contributed by atoms with Gasteiger partial charge in [-0.25, -0.2) is 9.97 Å². The molecule has 106 valence electrons. The van der Waals surface area contributed by atoms with Crippen LogP contribution in [0.3, 0.4) is 0 Å². The van der Waals surface area contributed by atoms with Crippen LogP contribution in [-0.4, -0.2) is 16.6 Å². The Morgan fingerprint density at radius 3 is 2.45 bits per heavy atom. The average molecular weight is 291 g/mol. The molecule has 0 amide bonds. The van der Waals surface area contributed by atoms with E-state index in [1.54, 1.807) is 6.07 Å². The number of benzene rings is 1. The fourth-order valence-corrected chi connectivity index (χ4v) is 2.34. The predicted octanol–water partition coefficient (Wildman–Crippen LogP) is 2.16. The van der Waals surface area contributed by atoms with Crippen LogP contribution in [0.15, 0.2) is 34.3 Å². The lowest BCUT2D eigenvalue weighted by Gasteiger charge is -2.09. The number of nitrogens with zero attached hydrogens (tertiary/aromatic N) is 2. The number of nitrogens with two attached hydrogens (primary N) is 3. The van der Waals surface area contributed by atoms with E-state index in [9.17, 15) is 0 Å². The maximum absolute atomic E-state index is 5.87. The van der Waals surface area contributed by atoms with Crippen molar-refractivity contribution in [2.75, 3.05) is 23.8 Å². The number of nitrogen functional groups attached to an aromatic ring is 3. The second-order valence-corrected chi connectivity index (χ2v) is 5.19. The molecule has 0 aliphatic rings. The minimum atomic E-state index is 0.345. The van der Waals surface area contributed by atoms with Crippen LogP contribution in [0.25, 0.3) is 0 Å². The van der Waals surface area contributed by atoms with E-state index in [4.69, 9.17) is 21.9 Å². The summed E-state index contributed by atoms with van der Waals surface area (Å²) in [5.41, 5.74) is 17.8. The van der Waals surface area contributed by atoms with Crippen molar-refractivity contribution in [3.05, 3.63) is 24.3 Å². The van der Waals surface area contributed by atoms with Gasteiger partial charge in [-0.3, -0.25) is 0 Å². The summed E-state index contributed by atoms with van der Waals surface area (Å²) in [5.74, 6) is 1.35. The first-order chi connectivity index (χ1) is 9.58. The quantitative estimate of drug-likeness (QED) is 0.571. The molecule has 7 heteroatoms. The maximum Gasteiger partial charge on any atom is 0.196 e. The lowest BCUT2D eigenvalue weighted by molar-refractivity contribution is 0.318. The molecule has 0 aliphatic heterocycles. The molecule has 1 aromatic heterocycles. The number of rotatable bonds is 5. The van der Waals surface area contributed by atoms with Gasteiger partial charge in [0, 0.05) is 11.0 Å². The zero-order valence-electron chi connectivity index (χ0n) is 11.2. The van der Waals surface area contributed by atoms with Gasteiger partial charge in [0.25, 0.3) is 0 Å². The summed E-state index contributed by atoms with van der Waals surface area (Å²) >= 11 is 1.35. The normalized spacial score (nSPS) is 10.4. The van der Waals surface area contributed by atoms with Gasteiger partial charge in [-0.1, -0.05) is 6.92 Å². The monoisotopic (exact) mass is 291 g/mol. The van der Waals surface area contributed by atoms with E-state index in [-0.39, 0.29) is 0 Å². The molecule has 0 bridgehead atoms. The van der Waals surface area contributed by atoms with Gasteiger partial charge in [-0.05, 0) is 36.4 Å². The minimum Gasteiger partial charge on any atom is -0.491 e. The Bertz CT molecular complexity index is 585. The van der Waals surface area contributed by atoms with Gasteiger partial charge >= 0.3 is 0 Å². The number of aromatic nitrogens is 2. The molecule has 0 saturated heterocycles. The van der Waals surface area contributed by atoms with Gasteiger partial charge in [0.2, 0.25) is 0 Å². The molecule has 1 aromatic carbocycles. The summed E-state index contributed by atoms with van der Waals surface area (Å²) in [6.07, 6.45) is 0.922. The highest BCUT2D eigenvalue weighted by Gasteiger charge is 2.07. The first-order valence-corrected chi connectivity index (χ1v) is 7.00. The summed E-state index contributed by atoms with van der Waals surface area (Å²) in [7, 11) is 0. The number of ether oxygens (including phenoxy) is 1. The highest BCUT2D eigenvalue weighted by atomic mass is 32.2. The van der Waals surface area contributed by atoms with Crippen molar-refractivity contribution in [3.63, 3.8) is 0 Å². The molecule has 0 aliphatic carbocycles. The maximum atomic E-state index is 5.87. The van der Waals surface area contributed by atoms with Crippen molar-refractivity contribution in [1.29, 1.82) is 0 Å². The number of hydrogen-bond acceptors (Lipinski definition) is 7. The Labute approximate surface area is 121 Å². The molecule has 1 heterocycles. The predicted molar refractivity (Wildman–Crippen MR) is 81.6 cm³/mol. The van der Waals surface area contributed by atoms with E-state index in [0.717, 1.165) is 11.3 Å². The largest absolute Gasteiger partial charge is 0.491 e. The standard InChI is InChI=1S/C13H17N5OS/c1-2-5-19-10-6-8(3-4-9(10)14)20-13-17-11(15)7-12(16)18-13/h3-4,6-7H,2,5,14H2,1H3,(H4,15,16,17,18).